The smallest absolute Gasteiger partial charge is 0.407 e. The molecule has 2 saturated carbocycles. The van der Waals surface area contributed by atoms with Gasteiger partial charge in [-0.2, -0.15) is 0 Å². The van der Waals surface area contributed by atoms with E-state index < -0.39 is 83.8 Å². The van der Waals surface area contributed by atoms with E-state index in [1.165, 1.54) is 70.2 Å². The molecule has 8 aromatic heterocycles. The molecule has 8 aliphatic rings. The van der Waals surface area contributed by atoms with Crippen molar-refractivity contribution in [3.05, 3.63) is 176 Å². The Morgan fingerprint density at radius 2 is 0.745 bits per heavy atom. The van der Waals surface area contributed by atoms with Crippen LogP contribution in [0.4, 0.5) is 28.0 Å². The van der Waals surface area contributed by atoms with Gasteiger partial charge in [0, 0.05) is 75.9 Å². The average Bonchev–Trinajstić information content (AvgIpc) is 1.56. The highest BCUT2D eigenvalue weighted by molar-refractivity contribution is 7.12. The lowest BCUT2D eigenvalue weighted by atomic mass is 10.0. The number of nitrogens with one attached hydrogen (secondary N) is 8. The van der Waals surface area contributed by atoms with Gasteiger partial charge in [0.05, 0.1) is 149 Å². The number of H-pyrrole nitrogens is 4. The topological polar surface area (TPSA) is 424 Å². The first kappa shape index (κ1) is 95.9. The van der Waals surface area contributed by atoms with Crippen molar-refractivity contribution in [1.82, 2.24) is 89.9 Å². The minimum atomic E-state index is -0.851. The van der Waals surface area contributed by atoms with E-state index in [0.29, 0.717) is 133 Å². The fourth-order valence-corrected chi connectivity index (χ4v) is 23.0. The van der Waals surface area contributed by atoms with E-state index in [-0.39, 0.29) is 88.6 Å². The summed E-state index contributed by atoms with van der Waals surface area (Å²) in [7, 11) is 5.07. The Morgan fingerprint density at radius 1 is 0.426 bits per heavy atom. The van der Waals surface area contributed by atoms with Gasteiger partial charge in [0.2, 0.25) is 36.1 Å². The number of hydrogen-bond donors (Lipinski definition) is 9. The molecule has 141 heavy (non-hydrogen) atoms. The molecular formula is C102H114F2N18O17S2. The number of hydrogen-bond acceptors (Lipinski definition) is 23. The van der Waals surface area contributed by atoms with Crippen molar-refractivity contribution >= 4 is 98.5 Å². The number of aliphatic hydroxyl groups is 1. The van der Waals surface area contributed by atoms with E-state index in [1.54, 1.807) is 56.5 Å². The van der Waals surface area contributed by atoms with E-state index in [1.807, 2.05) is 137 Å². The average molecular weight is 1970 g/mol. The Bertz CT molecular complexity index is 6870. The Balaban J connectivity index is 0.000000179. The quantitative estimate of drug-likeness (QED) is 0.0189. The summed E-state index contributed by atoms with van der Waals surface area (Å²) in [6, 6.07) is 25.8. The summed E-state index contributed by atoms with van der Waals surface area (Å²) < 4.78 is 76.7. The zero-order valence-electron chi connectivity index (χ0n) is 80.5. The first-order valence-corrected chi connectivity index (χ1v) is 49.6. The van der Waals surface area contributed by atoms with E-state index in [4.69, 9.17) is 43.1 Å². The highest BCUT2D eigenvalue weighted by Crippen LogP contribution is 2.57. The maximum Gasteiger partial charge on any atom is 0.407 e. The summed E-state index contributed by atoms with van der Waals surface area (Å²) in [5.74, 6) is -0.266. The number of aromatic amines is 4. The second-order valence-electron chi connectivity index (χ2n) is 38.9. The van der Waals surface area contributed by atoms with Crippen LogP contribution in [-0.4, -0.2) is 206 Å². The first-order valence-electron chi connectivity index (χ1n) is 48.0. The molecule has 0 radical (unpaired) electrons. The van der Waals surface area contributed by atoms with Crippen molar-refractivity contribution in [2.45, 2.75) is 211 Å². The number of ether oxygens (including phenoxy) is 7. The van der Waals surface area contributed by atoms with Gasteiger partial charge < -0.3 is 99.1 Å². The van der Waals surface area contributed by atoms with Crippen molar-refractivity contribution in [2.75, 3.05) is 54.6 Å². The van der Waals surface area contributed by atoms with Crippen molar-refractivity contribution in [3.8, 4) is 79.6 Å². The van der Waals surface area contributed by atoms with E-state index in [9.17, 15) is 48.3 Å². The lowest BCUT2D eigenvalue weighted by Gasteiger charge is -2.30. The number of amides is 8. The molecule has 35 nitrogen and oxygen atoms in total. The Morgan fingerprint density at radius 3 is 1.05 bits per heavy atom. The highest BCUT2D eigenvalue weighted by Gasteiger charge is 2.51. The van der Waals surface area contributed by atoms with Crippen LogP contribution in [-0.2, 0) is 58.9 Å². The van der Waals surface area contributed by atoms with Crippen LogP contribution in [0, 0.1) is 35.3 Å². The number of aromatic nitrogens is 10. The van der Waals surface area contributed by atoms with Crippen LogP contribution in [0.2, 0.25) is 0 Å². The molecule has 39 heteroatoms. The summed E-state index contributed by atoms with van der Waals surface area (Å²) in [4.78, 5) is 159. The third-order valence-corrected chi connectivity index (χ3v) is 30.9. The van der Waals surface area contributed by atoms with Crippen LogP contribution in [0.3, 0.4) is 0 Å². The number of thiophene rings is 2. The Hall–Kier alpha value is -14.0. The van der Waals surface area contributed by atoms with Crippen LogP contribution in [0.1, 0.15) is 218 Å². The molecule has 20 rings (SSSR count). The van der Waals surface area contributed by atoms with E-state index in [0.717, 1.165) is 102 Å². The normalized spacial score (nSPS) is 19.9. The molecule has 6 aliphatic heterocycles. The maximum absolute atomic E-state index is 17.0. The third-order valence-electron chi connectivity index (χ3n) is 28.3. The molecule has 9 N–H and O–H groups in total. The largest absolute Gasteiger partial charge is 0.464 e. The molecule has 10 atom stereocenters. The number of alkyl carbamates (subject to hydrolysis) is 4. The van der Waals surface area contributed by atoms with Crippen molar-refractivity contribution in [1.29, 1.82) is 0 Å². The number of methoxy groups -OCH3 is 4. The molecule has 12 aromatic rings. The van der Waals surface area contributed by atoms with Crippen LogP contribution in [0.15, 0.2) is 122 Å². The predicted molar refractivity (Wildman–Crippen MR) is 518 cm³/mol. The molecule has 14 heterocycles. The monoisotopic (exact) mass is 1960 g/mol. The van der Waals surface area contributed by atoms with Crippen LogP contribution in [0.5, 0.6) is 11.5 Å². The fraction of sp³-hybridized carbons (Fsp3) is 0.441. The van der Waals surface area contributed by atoms with Gasteiger partial charge in [-0.05, 0) is 198 Å². The highest BCUT2D eigenvalue weighted by atomic mass is 32.1. The number of rotatable bonds is 25. The lowest BCUT2D eigenvalue weighted by Crippen LogP contribution is -2.51. The van der Waals surface area contributed by atoms with Crippen LogP contribution >= 0.6 is 22.7 Å². The number of likely N-dealkylation sites (tertiary alicyclic amines) is 4. The number of benzene rings is 4. The molecule has 6 fully saturated rings. The first-order chi connectivity index (χ1) is 67.7. The number of carbonyl (C=O) groups excluding carboxylic acids is 9. The zero-order chi connectivity index (χ0) is 99.2. The molecule has 2 aliphatic carbocycles. The van der Waals surface area contributed by atoms with E-state index >= 15 is 8.78 Å². The molecule has 4 aromatic carbocycles. The summed E-state index contributed by atoms with van der Waals surface area (Å²) in [5, 5.41) is 23.5. The van der Waals surface area contributed by atoms with E-state index in [2.05, 4.69) is 51.2 Å². The van der Waals surface area contributed by atoms with Crippen LogP contribution in [0.25, 0.3) is 89.9 Å². The van der Waals surface area contributed by atoms with Crippen molar-refractivity contribution < 1.29 is 90.2 Å². The summed E-state index contributed by atoms with van der Waals surface area (Å²) in [5.41, 5.74) is 7.22. The number of nitrogens with zero attached hydrogens (tertiary/aromatic N) is 10. The second kappa shape index (κ2) is 38.6. The van der Waals surface area contributed by atoms with Gasteiger partial charge in [-0.25, -0.2) is 47.9 Å². The standard InChI is InChI=1S/C52H58FN9O9S.C50H56FN9O8S/c1-26(2)43(58-50(66)68-6)47(64)60-18-8-10-36(60)33-24-54-45(56-33)29-12-13-35-30(20-29)22-38-42-32(53)21-31(23-39(42)70-49(62(35)38)40-14-15-41(72-40)52(16-17-52)71-28(5)63)46-55-25-34(57-46)37-11-9-19-61(37)48(65)44(27(3)4)59-51(67)69-7;1-25(2)41(56-48(63)66-5)45(61)58-17-7-9-34(58)31-23-52-43(54-31)27-11-12-33-28(19-27)21-36-40-30(51)20-29(22-37(40)68-47(60(33)36)38-13-14-39(69-38)50(65)15-16-50)44-53-24-32(55-44)35-10-8-18-59(35)46(62)42(26(3)4)57-49(64)67-6/h12-15,20-27,36-37,43-44,49H,8-11,16-19H2,1-7H3,(H,54,56)(H,55,57)(H,58,66)(H,59,67);11-14,19-26,34-35,41-42,47,65H,7-10,15-18H2,1-6H3,(H,52,54)(H,53,55)(H,56,63)(H,57,64)/t36-,37+,43-,44-,49?;34-,35+,41-,42-,47?/m00/s1. The lowest BCUT2D eigenvalue weighted by molar-refractivity contribution is -0.149. The van der Waals surface area contributed by atoms with Gasteiger partial charge in [-0.1, -0.05) is 55.4 Å². The number of halogens is 2. The molecule has 740 valence electrons. The third kappa shape index (κ3) is 18.4. The van der Waals surface area contributed by atoms with Gasteiger partial charge in [0.1, 0.15) is 76.2 Å². The van der Waals surface area contributed by atoms with Gasteiger partial charge in [-0.3, -0.25) is 33.1 Å². The minimum Gasteiger partial charge on any atom is -0.464 e. The van der Waals surface area contributed by atoms with Crippen LogP contribution < -0.4 is 30.7 Å². The minimum absolute atomic E-state index is 0.158. The van der Waals surface area contributed by atoms with Gasteiger partial charge >= 0.3 is 30.3 Å². The molecular weight excluding hydrogens is 1850 g/mol. The SMILES string of the molecule is COC(=O)N[C@H](C(=O)N1CCC[C@@H]1c1cnc(-c2cc(F)c3c(c2)OC(c2ccc(C4(O)CC4)s2)n2c-3cc3cc(-c4ncc([C@@H]5CCCN5C(=O)[C@@H](NC(=O)OC)C(C)C)[nH]4)ccc32)[nH]1)C(C)C.COC(=O)N[C@H](C(=O)N1CCC[C@@H]1c1cnc(-c2cc(F)c3c(c2)OC(c2ccc(C4(OC(C)=O)CC4)s2)n2c-3cc3cc(-c4ncc([C@@H]5CCCN5C(=O)[C@@H](NC(=O)OC)C(C)C)[nH]4)ccc32)[nH]1)C(C)C. The van der Waals surface area contributed by atoms with Crippen molar-refractivity contribution in [3.63, 3.8) is 0 Å². The van der Waals surface area contributed by atoms with Gasteiger partial charge in [0.25, 0.3) is 0 Å². The number of imidazole rings is 4. The van der Waals surface area contributed by atoms with Crippen molar-refractivity contribution in [2.24, 2.45) is 23.7 Å². The Labute approximate surface area is 818 Å². The maximum atomic E-state index is 17.0. The number of carbonyl (C=O) groups is 9. The second-order valence-corrected chi connectivity index (χ2v) is 41.1. The fourth-order valence-electron chi connectivity index (χ4n) is 20.6. The molecule has 0 bridgehead atoms. The predicted octanol–water partition coefficient (Wildman–Crippen LogP) is 17.2. The number of esters is 1. The molecule has 4 saturated heterocycles. The molecule has 2 unspecified atom stereocenters. The summed E-state index contributed by atoms with van der Waals surface area (Å²) in [6.45, 7) is 18.5. The summed E-state index contributed by atoms with van der Waals surface area (Å²) in [6.07, 6.45) is 11.4. The number of fused-ring (bicyclic) bond motifs is 10. The molecule has 8 amide bonds. The molecule has 0 spiro atoms. The zero-order valence-corrected chi connectivity index (χ0v) is 82.1. The van der Waals surface area contributed by atoms with Gasteiger partial charge in [-0.15, -0.1) is 22.7 Å². The summed E-state index contributed by atoms with van der Waals surface area (Å²) >= 11 is 2.97. The van der Waals surface area contributed by atoms with Gasteiger partial charge in [0.15, 0.2) is 0 Å². The Kier molecular flexibility index (Phi) is 26.2.